The van der Waals surface area contributed by atoms with Gasteiger partial charge in [0.25, 0.3) is 11.8 Å². The molecule has 184 valence electrons. The number of halogens is 2. The Bertz CT molecular complexity index is 1420. The minimum absolute atomic E-state index is 0.00667. The first-order chi connectivity index (χ1) is 17.2. The number of rotatable bonds is 6. The second-order valence-electron chi connectivity index (χ2n) is 8.09. The van der Waals surface area contributed by atoms with Gasteiger partial charge in [-0.2, -0.15) is 0 Å². The van der Waals surface area contributed by atoms with Gasteiger partial charge in [-0.15, -0.1) is 0 Å². The van der Waals surface area contributed by atoms with E-state index in [0.29, 0.717) is 31.9 Å². The van der Waals surface area contributed by atoms with Crippen molar-refractivity contribution in [1.82, 2.24) is 5.32 Å². The molecule has 1 fully saturated rings. The normalized spacial score (nSPS) is 14.8. The molecule has 3 aromatic rings. The number of barbiturate groups is 1. The first kappa shape index (κ1) is 25.4. The largest absolute Gasteiger partial charge is 0.493 e. The maximum atomic E-state index is 14.0. The molecular weight excluding hydrogens is 578 g/mol. The third kappa shape index (κ3) is 4.97. The zero-order valence-electron chi connectivity index (χ0n) is 19.7. The fraction of sp³-hybridized carbons (Fsp3) is 0.148. The van der Waals surface area contributed by atoms with Gasteiger partial charge in [0.2, 0.25) is 0 Å². The summed E-state index contributed by atoms with van der Waals surface area (Å²) in [5.41, 5.74) is 2.74. The van der Waals surface area contributed by atoms with E-state index < -0.39 is 17.8 Å². The van der Waals surface area contributed by atoms with Crippen LogP contribution in [-0.2, 0) is 16.2 Å². The molecule has 0 unspecified atom stereocenters. The molecule has 1 aliphatic heterocycles. The summed E-state index contributed by atoms with van der Waals surface area (Å²) < 4.78 is 25.9. The Labute approximate surface area is 221 Å². The van der Waals surface area contributed by atoms with Gasteiger partial charge in [0.15, 0.2) is 11.5 Å². The number of nitrogens with one attached hydrogen (secondary N) is 1. The Morgan fingerprint density at radius 2 is 1.81 bits per heavy atom. The van der Waals surface area contributed by atoms with E-state index in [1.165, 1.54) is 19.3 Å². The lowest BCUT2D eigenvalue weighted by atomic mass is 10.0. The molecule has 1 saturated heterocycles. The highest BCUT2D eigenvalue weighted by molar-refractivity contribution is 14.1. The Morgan fingerprint density at radius 3 is 2.53 bits per heavy atom. The third-order valence-electron chi connectivity index (χ3n) is 5.81. The summed E-state index contributed by atoms with van der Waals surface area (Å²) in [6.07, 6.45) is 1.40. The van der Waals surface area contributed by atoms with Crippen LogP contribution in [0.2, 0.25) is 0 Å². The molecular formula is C27H22FIN2O5. The highest BCUT2D eigenvalue weighted by Gasteiger charge is 2.37. The number of methoxy groups -OCH3 is 1. The van der Waals surface area contributed by atoms with E-state index in [2.05, 4.69) is 5.32 Å². The lowest BCUT2D eigenvalue weighted by Gasteiger charge is -2.28. The minimum Gasteiger partial charge on any atom is -0.493 e. The highest BCUT2D eigenvalue weighted by Crippen LogP contribution is 2.36. The number of urea groups is 1. The van der Waals surface area contributed by atoms with Gasteiger partial charge in [-0.05, 0) is 83.5 Å². The first-order valence-corrected chi connectivity index (χ1v) is 12.0. The molecule has 9 heteroatoms. The van der Waals surface area contributed by atoms with Crippen molar-refractivity contribution in [3.63, 3.8) is 0 Å². The van der Waals surface area contributed by atoms with Gasteiger partial charge in [-0.25, -0.2) is 14.1 Å². The quantitative estimate of drug-likeness (QED) is 0.236. The summed E-state index contributed by atoms with van der Waals surface area (Å²) in [5.74, 6) is -1.16. The van der Waals surface area contributed by atoms with Crippen molar-refractivity contribution in [3.05, 3.63) is 91.8 Å². The number of nitrogens with zero attached hydrogens (tertiary/aromatic N) is 1. The van der Waals surface area contributed by atoms with Crippen molar-refractivity contribution in [3.8, 4) is 11.5 Å². The number of benzene rings is 3. The molecule has 4 rings (SSSR count). The SMILES string of the molecule is COc1cc(/C=C2\C(=O)NC(=O)N(c3cccc(C)c3C)C2=O)cc(I)c1OCc1ccccc1F. The fourth-order valence-electron chi connectivity index (χ4n) is 3.75. The lowest BCUT2D eigenvalue weighted by molar-refractivity contribution is -0.122. The van der Waals surface area contributed by atoms with Crippen molar-refractivity contribution in [1.29, 1.82) is 0 Å². The Kier molecular flexibility index (Phi) is 7.39. The van der Waals surface area contributed by atoms with Gasteiger partial charge in [0.05, 0.1) is 16.4 Å². The van der Waals surface area contributed by atoms with Crippen molar-refractivity contribution in [2.24, 2.45) is 0 Å². The van der Waals surface area contributed by atoms with E-state index in [1.807, 2.05) is 35.6 Å². The molecule has 0 atom stereocenters. The van der Waals surface area contributed by atoms with Crippen LogP contribution in [0.4, 0.5) is 14.9 Å². The Hall–Kier alpha value is -3.73. The monoisotopic (exact) mass is 600 g/mol. The lowest BCUT2D eigenvalue weighted by Crippen LogP contribution is -2.54. The van der Waals surface area contributed by atoms with Crippen molar-refractivity contribution >= 4 is 52.2 Å². The van der Waals surface area contributed by atoms with Crippen LogP contribution in [0.1, 0.15) is 22.3 Å². The average Bonchev–Trinajstić information content (AvgIpc) is 2.84. The number of imide groups is 2. The van der Waals surface area contributed by atoms with Gasteiger partial charge >= 0.3 is 6.03 Å². The van der Waals surface area contributed by atoms with Crippen molar-refractivity contribution in [2.75, 3.05) is 12.0 Å². The summed E-state index contributed by atoms with van der Waals surface area (Å²) in [5, 5.41) is 2.24. The zero-order chi connectivity index (χ0) is 26.0. The Balaban J connectivity index is 1.67. The highest BCUT2D eigenvalue weighted by atomic mass is 127. The number of anilines is 1. The van der Waals surface area contributed by atoms with Crippen LogP contribution in [0.15, 0.2) is 60.2 Å². The number of hydrogen-bond donors (Lipinski definition) is 1. The molecule has 1 N–H and O–H groups in total. The second-order valence-corrected chi connectivity index (χ2v) is 9.25. The molecule has 1 heterocycles. The van der Waals surface area contributed by atoms with Crippen LogP contribution in [0.25, 0.3) is 6.08 Å². The van der Waals surface area contributed by atoms with Gasteiger partial charge in [0.1, 0.15) is 18.0 Å². The van der Waals surface area contributed by atoms with Crippen LogP contribution >= 0.6 is 22.6 Å². The molecule has 0 spiro atoms. The van der Waals surface area contributed by atoms with E-state index in [-0.39, 0.29) is 18.0 Å². The molecule has 0 aromatic heterocycles. The minimum atomic E-state index is -0.806. The van der Waals surface area contributed by atoms with Gasteiger partial charge in [-0.1, -0.05) is 30.3 Å². The number of ether oxygens (including phenoxy) is 2. The summed E-state index contributed by atoms with van der Waals surface area (Å²) in [4.78, 5) is 39.4. The van der Waals surface area contributed by atoms with Crippen LogP contribution in [-0.4, -0.2) is 25.0 Å². The molecule has 7 nitrogen and oxygen atoms in total. The van der Waals surface area contributed by atoms with E-state index in [1.54, 1.807) is 49.4 Å². The fourth-order valence-corrected chi connectivity index (χ4v) is 4.53. The van der Waals surface area contributed by atoms with E-state index in [9.17, 15) is 18.8 Å². The van der Waals surface area contributed by atoms with E-state index in [4.69, 9.17) is 9.47 Å². The third-order valence-corrected chi connectivity index (χ3v) is 6.61. The summed E-state index contributed by atoms with van der Waals surface area (Å²) in [7, 11) is 1.46. The summed E-state index contributed by atoms with van der Waals surface area (Å²) in [6.45, 7) is 3.67. The van der Waals surface area contributed by atoms with Crippen molar-refractivity contribution < 1.29 is 28.2 Å². The standard InChI is InChI=1S/C27H22FIN2O5/c1-15-7-6-10-22(16(15)2)31-26(33)19(25(32)30-27(31)34)11-17-12-21(29)24(23(13-17)35-3)36-14-18-8-4-5-9-20(18)28/h4-13H,14H2,1-3H3,(H,30,32,34)/b19-11+. The van der Waals surface area contributed by atoms with Gasteiger partial charge in [-0.3, -0.25) is 14.9 Å². The average molecular weight is 600 g/mol. The molecule has 0 radical (unpaired) electrons. The molecule has 0 saturated carbocycles. The molecule has 36 heavy (non-hydrogen) atoms. The molecule has 3 aromatic carbocycles. The number of carbonyl (C=O) groups excluding carboxylic acids is 3. The first-order valence-electron chi connectivity index (χ1n) is 10.9. The topological polar surface area (TPSA) is 84.9 Å². The Morgan fingerprint density at radius 1 is 1.06 bits per heavy atom. The number of hydrogen-bond acceptors (Lipinski definition) is 5. The van der Waals surface area contributed by atoms with Crippen LogP contribution in [0.3, 0.4) is 0 Å². The molecule has 0 aliphatic carbocycles. The molecule has 0 bridgehead atoms. The maximum absolute atomic E-state index is 14.0. The predicted octanol–water partition coefficient (Wildman–Crippen LogP) is 5.30. The van der Waals surface area contributed by atoms with Gasteiger partial charge < -0.3 is 9.47 Å². The molecule has 1 aliphatic rings. The zero-order valence-corrected chi connectivity index (χ0v) is 21.9. The summed E-state index contributed by atoms with van der Waals surface area (Å²) >= 11 is 2.04. The number of aryl methyl sites for hydroxylation is 1. The van der Waals surface area contributed by atoms with E-state index >= 15 is 0 Å². The maximum Gasteiger partial charge on any atom is 0.335 e. The van der Waals surface area contributed by atoms with Crippen molar-refractivity contribution in [2.45, 2.75) is 20.5 Å². The second kappa shape index (κ2) is 10.5. The molecule has 4 amide bonds. The summed E-state index contributed by atoms with van der Waals surface area (Å²) in [6, 6.07) is 14.1. The van der Waals surface area contributed by atoms with Gasteiger partial charge in [0, 0.05) is 5.56 Å². The van der Waals surface area contributed by atoms with E-state index in [0.717, 1.165) is 16.0 Å². The van der Waals surface area contributed by atoms with Crippen LogP contribution in [0.5, 0.6) is 11.5 Å². The number of carbonyl (C=O) groups is 3. The van der Waals surface area contributed by atoms with Crippen LogP contribution < -0.4 is 19.7 Å². The van der Waals surface area contributed by atoms with Crippen LogP contribution in [0, 0.1) is 23.2 Å². The smallest absolute Gasteiger partial charge is 0.335 e. The number of amides is 4. The predicted molar refractivity (Wildman–Crippen MR) is 141 cm³/mol.